The zero-order valence-electron chi connectivity index (χ0n) is 49.3. The van der Waals surface area contributed by atoms with E-state index in [1.54, 1.807) is 0 Å². The standard InChI is InChI=1S/C68H80O6P2/c1-36-22-24-59-57(26-36)30-43(8)67(73-75(69-63-32-39(4)45(10)49(14)53(63)18)70-64-33-40(5)46(11)50(15)54(64)19)61(59)28-38(3)29-62-60-25-23-37(2)27-58(60)31-44(9)68(62)74-76(71-65-34-41(6)47(12)51(16)55(65)20)72-66-35-42(7)48(13)52(17)56(66)21/h22-27,30-35,38H,28-29H2,1-21H3. The van der Waals surface area contributed by atoms with E-state index in [2.05, 4.69) is 218 Å². The molecule has 0 N–H and O–H groups in total. The Morgan fingerprint density at radius 1 is 0.303 bits per heavy atom. The van der Waals surface area contributed by atoms with Crippen molar-refractivity contribution in [2.75, 3.05) is 0 Å². The van der Waals surface area contributed by atoms with E-state index in [1.165, 1.54) is 66.4 Å². The maximum Gasteiger partial charge on any atom is 0.530 e. The Morgan fingerprint density at radius 3 is 0.855 bits per heavy atom. The number of hydrogen-bond acceptors (Lipinski definition) is 6. The molecule has 0 fully saturated rings. The molecule has 0 aliphatic carbocycles. The highest BCUT2D eigenvalue weighted by Crippen LogP contribution is 2.51. The number of aryl methyl sites for hydroxylation is 8. The molecule has 0 saturated carbocycles. The quantitative estimate of drug-likeness (QED) is 0.0899. The molecule has 0 spiro atoms. The number of fused-ring (bicyclic) bond motifs is 2. The van der Waals surface area contributed by atoms with Crippen LogP contribution in [0.1, 0.15) is 129 Å². The molecule has 8 heteroatoms. The van der Waals surface area contributed by atoms with Crippen LogP contribution >= 0.6 is 17.2 Å². The molecular weight excluding hydrogens is 975 g/mol. The minimum atomic E-state index is -2.01. The summed E-state index contributed by atoms with van der Waals surface area (Å²) in [4.78, 5) is 0. The van der Waals surface area contributed by atoms with Crippen LogP contribution in [0.3, 0.4) is 0 Å². The Kier molecular flexibility index (Phi) is 16.6. The van der Waals surface area contributed by atoms with Gasteiger partial charge in [0.2, 0.25) is 0 Å². The van der Waals surface area contributed by atoms with E-state index in [-0.39, 0.29) is 5.92 Å². The molecule has 0 aliphatic heterocycles. The molecule has 398 valence electrons. The fraction of sp³-hybridized carbons (Fsp3) is 0.353. The van der Waals surface area contributed by atoms with Gasteiger partial charge in [-0.1, -0.05) is 54.4 Å². The van der Waals surface area contributed by atoms with Crippen molar-refractivity contribution in [3.63, 3.8) is 0 Å². The van der Waals surface area contributed by atoms with E-state index in [0.717, 1.165) is 112 Å². The monoisotopic (exact) mass is 1050 g/mol. The third kappa shape index (κ3) is 11.3. The Balaban J connectivity index is 1.24. The molecule has 76 heavy (non-hydrogen) atoms. The van der Waals surface area contributed by atoms with Crippen LogP contribution in [-0.4, -0.2) is 0 Å². The van der Waals surface area contributed by atoms with Crippen molar-refractivity contribution in [1.82, 2.24) is 0 Å². The maximum atomic E-state index is 7.33. The van der Waals surface area contributed by atoms with Crippen molar-refractivity contribution in [3.8, 4) is 34.5 Å². The van der Waals surface area contributed by atoms with Gasteiger partial charge < -0.3 is 27.1 Å². The molecule has 0 saturated heterocycles. The summed E-state index contributed by atoms with van der Waals surface area (Å²) in [5, 5.41) is 4.64. The smallest absolute Gasteiger partial charge is 0.408 e. The fourth-order valence-corrected chi connectivity index (χ4v) is 13.0. The fourth-order valence-electron chi connectivity index (χ4n) is 10.6. The zero-order chi connectivity index (χ0) is 55.3. The van der Waals surface area contributed by atoms with Gasteiger partial charge in [-0.2, -0.15) is 0 Å². The highest BCUT2D eigenvalue weighted by Gasteiger charge is 2.31. The van der Waals surface area contributed by atoms with E-state index < -0.39 is 17.2 Å². The molecule has 6 nitrogen and oxygen atoms in total. The first-order valence-corrected chi connectivity index (χ1v) is 29.1. The molecular formula is C68H80O6P2. The summed E-state index contributed by atoms with van der Waals surface area (Å²) in [5.41, 5.74) is 25.5. The molecule has 0 amide bonds. The lowest BCUT2D eigenvalue weighted by Gasteiger charge is -2.26. The van der Waals surface area contributed by atoms with Gasteiger partial charge in [0.05, 0.1) is 0 Å². The van der Waals surface area contributed by atoms with Crippen molar-refractivity contribution in [3.05, 3.63) is 195 Å². The van der Waals surface area contributed by atoms with Gasteiger partial charge in [0.15, 0.2) is 0 Å². The summed E-state index contributed by atoms with van der Waals surface area (Å²) in [5.74, 6) is 4.74. The highest BCUT2D eigenvalue weighted by molar-refractivity contribution is 7.43. The minimum absolute atomic E-state index is 0.104. The van der Waals surface area contributed by atoms with E-state index in [9.17, 15) is 0 Å². The summed E-state index contributed by atoms with van der Waals surface area (Å²) in [6.45, 7) is 45.3. The minimum Gasteiger partial charge on any atom is -0.408 e. The predicted molar refractivity (Wildman–Crippen MR) is 323 cm³/mol. The van der Waals surface area contributed by atoms with Crippen LogP contribution in [0.4, 0.5) is 0 Å². The molecule has 0 heterocycles. The Bertz CT molecular complexity index is 3220. The summed E-state index contributed by atoms with van der Waals surface area (Å²) in [6.07, 6.45) is 1.40. The van der Waals surface area contributed by atoms with Crippen molar-refractivity contribution in [2.24, 2.45) is 5.92 Å². The Hall–Kier alpha value is -6.06. The lowest BCUT2D eigenvalue weighted by atomic mass is 9.87. The highest BCUT2D eigenvalue weighted by atomic mass is 31.2. The van der Waals surface area contributed by atoms with Gasteiger partial charge in [-0.25, -0.2) is 0 Å². The summed E-state index contributed by atoms with van der Waals surface area (Å²) < 4.78 is 42.7. The zero-order valence-corrected chi connectivity index (χ0v) is 51.1. The van der Waals surface area contributed by atoms with Crippen molar-refractivity contribution < 1.29 is 27.1 Å². The Labute approximate surface area is 457 Å². The second-order valence-corrected chi connectivity index (χ2v) is 24.2. The van der Waals surface area contributed by atoms with E-state index in [4.69, 9.17) is 27.1 Å². The first-order chi connectivity index (χ1) is 35.8. The summed E-state index contributed by atoms with van der Waals surface area (Å²) in [7, 11) is -4.02. The largest absolute Gasteiger partial charge is 0.530 e. The molecule has 0 unspecified atom stereocenters. The van der Waals surface area contributed by atoms with Crippen LogP contribution in [0, 0.1) is 144 Å². The molecule has 0 bridgehead atoms. The summed E-state index contributed by atoms with van der Waals surface area (Å²) in [6, 6.07) is 26.5. The normalized spacial score (nSPS) is 11.7. The van der Waals surface area contributed by atoms with Gasteiger partial charge in [-0.05, 0) is 315 Å². The third-order valence-electron chi connectivity index (χ3n) is 16.9. The second-order valence-electron chi connectivity index (χ2n) is 22.2. The molecule has 8 aromatic carbocycles. The Morgan fingerprint density at radius 2 is 0.579 bits per heavy atom. The average Bonchev–Trinajstić information content (AvgIpc) is 3.37. The van der Waals surface area contributed by atoms with Crippen molar-refractivity contribution >= 4 is 38.7 Å². The topological polar surface area (TPSA) is 55.4 Å². The van der Waals surface area contributed by atoms with Crippen LogP contribution in [0.25, 0.3) is 21.5 Å². The average molecular weight is 1060 g/mol. The second kappa shape index (κ2) is 22.5. The number of benzene rings is 8. The van der Waals surface area contributed by atoms with Crippen LogP contribution in [0.15, 0.2) is 72.8 Å². The van der Waals surface area contributed by atoms with Crippen molar-refractivity contribution in [1.29, 1.82) is 0 Å². The van der Waals surface area contributed by atoms with E-state index in [1.807, 2.05) is 0 Å². The molecule has 0 aromatic heterocycles. The van der Waals surface area contributed by atoms with Crippen LogP contribution in [-0.2, 0) is 12.8 Å². The molecule has 0 aliphatic rings. The van der Waals surface area contributed by atoms with Crippen LogP contribution < -0.4 is 27.1 Å². The maximum absolute atomic E-state index is 7.33. The van der Waals surface area contributed by atoms with Gasteiger partial charge in [0.25, 0.3) is 0 Å². The van der Waals surface area contributed by atoms with Gasteiger partial charge >= 0.3 is 17.2 Å². The number of hydrogen-bond donors (Lipinski definition) is 0. The van der Waals surface area contributed by atoms with E-state index >= 15 is 0 Å². The summed E-state index contributed by atoms with van der Waals surface area (Å²) >= 11 is 0. The molecule has 0 atom stereocenters. The van der Waals surface area contributed by atoms with Gasteiger partial charge in [0, 0.05) is 11.1 Å². The lowest BCUT2D eigenvalue weighted by molar-refractivity contribution is 0.380. The van der Waals surface area contributed by atoms with Gasteiger partial charge in [-0.15, -0.1) is 0 Å². The third-order valence-corrected chi connectivity index (χ3v) is 19.0. The molecule has 0 radical (unpaired) electrons. The number of rotatable bonds is 16. The lowest BCUT2D eigenvalue weighted by Crippen LogP contribution is -2.12. The SMILES string of the molecule is Cc1ccc2c(CC(C)Cc3c(OP(Oc4cc(C)c(C)c(C)c4C)Oc4cc(C)c(C)c(C)c4C)c(C)cc4cc(C)ccc34)c(OP(Oc3cc(C)c(C)c(C)c3C)Oc3cc(C)c(C)c(C)c3C)c(C)cc2c1. The molecule has 8 aromatic rings. The van der Waals surface area contributed by atoms with Crippen LogP contribution in [0.5, 0.6) is 34.5 Å². The molecule has 8 rings (SSSR count). The van der Waals surface area contributed by atoms with Gasteiger partial charge in [0.1, 0.15) is 34.5 Å². The van der Waals surface area contributed by atoms with E-state index in [0.29, 0.717) is 12.8 Å². The first-order valence-electron chi connectivity index (χ1n) is 26.9. The van der Waals surface area contributed by atoms with Gasteiger partial charge in [-0.3, -0.25) is 0 Å². The first kappa shape index (κ1) is 56.2. The van der Waals surface area contributed by atoms with Crippen LogP contribution in [0.2, 0.25) is 0 Å². The predicted octanol–water partition coefficient (Wildman–Crippen LogP) is 20.1. The van der Waals surface area contributed by atoms with Crippen molar-refractivity contribution in [2.45, 2.75) is 158 Å².